The van der Waals surface area contributed by atoms with Gasteiger partial charge in [0.15, 0.2) is 0 Å². The molecule has 3 nitrogen and oxygen atoms in total. The molecule has 1 unspecified atom stereocenters. The Balaban J connectivity index is 2.80. The molecule has 0 saturated heterocycles. The van der Waals surface area contributed by atoms with Crippen molar-refractivity contribution in [3.63, 3.8) is 0 Å². The molecule has 0 saturated carbocycles. The molecule has 0 fully saturated rings. The molecule has 0 aliphatic heterocycles. The number of phenolic OH excluding ortho intramolecular Hbond substituents is 1. The van der Waals surface area contributed by atoms with E-state index >= 15 is 0 Å². The van der Waals surface area contributed by atoms with Crippen LogP contribution in [-0.2, 0) is 0 Å². The molecule has 3 N–H and O–H groups in total. The number of hydrogen-bond acceptors (Lipinski definition) is 3. The van der Waals surface area contributed by atoms with Gasteiger partial charge in [0.05, 0.1) is 6.61 Å². The first-order valence-electron chi connectivity index (χ1n) is 4.90. The molecule has 0 aliphatic carbocycles. The molecule has 0 spiro atoms. The predicted molar refractivity (Wildman–Crippen MR) is 63.9 cm³/mol. The molecular formula is C11H16BrNO2. The van der Waals surface area contributed by atoms with Gasteiger partial charge in [0.2, 0.25) is 0 Å². The molecule has 0 heterocycles. The Bertz CT molecular complexity index is 330. The van der Waals surface area contributed by atoms with Gasteiger partial charge >= 0.3 is 0 Å². The van der Waals surface area contributed by atoms with Crippen LogP contribution < -0.4 is 5.32 Å². The van der Waals surface area contributed by atoms with Crippen LogP contribution in [0, 0.1) is 0 Å². The van der Waals surface area contributed by atoms with E-state index < -0.39 is 0 Å². The average molecular weight is 274 g/mol. The molecular weight excluding hydrogens is 258 g/mol. The zero-order valence-electron chi connectivity index (χ0n) is 8.87. The van der Waals surface area contributed by atoms with Crippen molar-refractivity contribution in [1.29, 1.82) is 0 Å². The third kappa shape index (κ3) is 3.48. The molecule has 1 aromatic carbocycles. The first-order chi connectivity index (χ1) is 7.04. The van der Waals surface area contributed by atoms with Gasteiger partial charge in [-0.2, -0.15) is 0 Å². The zero-order valence-corrected chi connectivity index (χ0v) is 10.5. The number of benzene rings is 1. The van der Waals surface area contributed by atoms with Gasteiger partial charge in [0.25, 0.3) is 0 Å². The van der Waals surface area contributed by atoms with Crippen molar-refractivity contribution in [2.45, 2.75) is 25.9 Å². The minimum absolute atomic E-state index is 0.00431. The molecule has 4 heteroatoms. The highest BCUT2D eigenvalue weighted by molar-refractivity contribution is 9.10. The number of aliphatic hydroxyl groups is 1. The van der Waals surface area contributed by atoms with Crippen LogP contribution in [0.1, 0.15) is 25.5 Å². The molecule has 2 atom stereocenters. The second-order valence-corrected chi connectivity index (χ2v) is 4.59. The molecule has 1 aromatic rings. The second kappa shape index (κ2) is 5.49. The molecule has 0 bridgehead atoms. The van der Waals surface area contributed by atoms with E-state index in [1.54, 1.807) is 12.1 Å². The fourth-order valence-corrected chi connectivity index (χ4v) is 1.82. The Morgan fingerprint density at radius 3 is 2.67 bits per heavy atom. The van der Waals surface area contributed by atoms with E-state index in [4.69, 9.17) is 5.11 Å². The monoisotopic (exact) mass is 273 g/mol. The van der Waals surface area contributed by atoms with Crippen molar-refractivity contribution in [2.24, 2.45) is 0 Å². The number of rotatable bonds is 4. The molecule has 15 heavy (non-hydrogen) atoms. The highest BCUT2D eigenvalue weighted by Gasteiger charge is 2.12. The van der Waals surface area contributed by atoms with Crippen molar-refractivity contribution in [2.75, 3.05) is 6.61 Å². The van der Waals surface area contributed by atoms with Crippen LogP contribution in [-0.4, -0.2) is 22.9 Å². The normalized spacial score (nSPS) is 14.9. The average Bonchev–Trinajstić information content (AvgIpc) is 2.21. The van der Waals surface area contributed by atoms with E-state index in [2.05, 4.69) is 21.2 Å². The maximum absolute atomic E-state index is 9.67. The highest BCUT2D eigenvalue weighted by atomic mass is 79.9. The van der Waals surface area contributed by atoms with E-state index in [0.29, 0.717) is 0 Å². The molecule has 0 radical (unpaired) electrons. The minimum Gasteiger partial charge on any atom is -0.508 e. The Hall–Kier alpha value is -0.580. The summed E-state index contributed by atoms with van der Waals surface area (Å²) in [6.45, 7) is 3.93. The lowest BCUT2D eigenvalue weighted by molar-refractivity contribution is 0.242. The van der Waals surface area contributed by atoms with Crippen LogP contribution >= 0.6 is 15.9 Å². The van der Waals surface area contributed by atoms with Crippen molar-refractivity contribution in [3.05, 3.63) is 28.2 Å². The van der Waals surface area contributed by atoms with Crippen LogP contribution in [0.3, 0.4) is 0 Å². The SMILES string of the molecule is CC(N[C@H](C)CO)c1cc(Br)ccc1O. The van der Waals surface area contributed by atoms with Crippen LogP contribution in [0.25, 0.3) is 0 Å². The summed E-state index contributed by atoms with van der Waals surface area (Å²) >= 11 is 3.36. The molecule has 0 aromatic heterocycles. The van der Waals surface area contributed by atoms with Crippen LogP contribution in [0.5, 0.6) is 5.75 Å². The number of hydrogen-bond donors (Lipinski definition) is 3. The Morgan fingerprint density at radius 1 is 1.40 bits per heavy atom. The summed E-state index contributed by atoms with van der Waals surface area (Å²) in [6.07, 6.45) is 0. The summed E-state index contributed by atoms with van der Waals surface area (Å²) in [5, 5.41) is 21.8. The fraction of sp³-hybridized carbons (Fsp3) is 0.455. The fourth-order valence-electron chi connectivity index (χ4n) is 1.44. The number of aliphatic hydroxyl groups excluding tert-OH is 1. The minimum atomic E-state index is 0.00431. The molecule has 0 aliphatic rings. The van der Waals surface area contributed by atoms with Gasteiger partial charge in [-0.1, -0.05) is 15.9 Å². The van der Waals surface area contributed by atoms with Gasteiger partial charge in [0.1, 0.15) is 5.75 Å². The summed E-state index contributed by atoms with van der Waals surface area (Å²) in [7, 11) is 0. The van der Waals surface area contributed by atoms with Gasteiger partial charge < -0.3 is 15.5 Å². The largest absolute Gasteiger partial charge is 0.508 e. The quantitative estimate of drug-likeness (QED) is 0.788. The third-order valence-corrected chi connectivity index (χ3v) is 2.76. The number of halogens is 1. The lowest BCUT2D eigenvalue weighted by Crippen LogP contribution is -2.31. The van der Waals surface area contributed by atoms with Crippen LogP contribution in [0.4, 0.5) is 0 Å². The molecule has 84 valence electrons. The van der Waals surface area contributed by atoms with Gasteiger partial charge in [-0.25, -0.2) is 0 Å². The lowest BCUT2D eigenvalue weighted by Gasteiger charge is -2.19. The summed E-state index contributed by atoms with van der Waals surface area (Å²) in [6, 6.07) is 5.34. The highest BCUT2D eigenvalue weighted by Crippen LogP contribution is 2.27. The Kier molecular flexibility index (Phi) is 4.57. The second-order valence-electron chi connectivity index (χ2n) is 3.68. The topological polar surface area (TPSA) is 52.5 Å². The number of aromatic hydroxyl groups is 1. The Morgan fingerprint density at radius 2 is 2.07 bits per heavy atom. The third-order valence-electron chi connectivity index (χ3n) is 2.26. The maximum atomic E-state index is 9.67. The van der Waals surface area contributed by atoms with E-state index in [-0.39, 0.29) is 24.4 Å². The summed E-state index contributed by atoms with van der Waals surface area (Å²) in [5.74, 6) is 0.267. The first-order valence-corrected chi connectivity index (χ1v) is 5.69. The van der Waals surface area contributed by atoms with E-state index in [1.165, 1.54) is 0 Å². The Labute approximate surface area is 98.3 Å². The number of phenols is 1. The summed E-state index contributed by atoms with van der Waals surface area (Å²) < 4.78 is 0.931. The number of nitrogens with one attached hydrogen (secondary N) is 1. The van der Waals surface area contributed by atoms with Gasteiger partial charge in [-0.15, -0.1) is 0 Å². The standard InChI is InChI=1S/C11H16BrNO2/c1-7(6-14)13-8(2)10-5-9(12)3-4-11(10)15/h3-5,7-8,13-15H,6H2,1-2H3/t7-,8?/m1/s1. The van der Waals surface area contributed by atoms with Gasteiger partial charge in [0, 0.05) is 22.1 Å². The summed E-state index contributed by atoms with van der Waals surface area (Å²) in [4.78, 5) is 0. The smallest absolute Gasteiger partial charge is 0.120 e. The first kappa shape index (κ1) is 12.5. The van der Waals surface area contributed by atoms with Crippen molar-refractivity contribution in [1.82, 2.24) is 5.32 Å². The predicted octanol–water partition coefficient (Wildman–Crippen LogP) is 2.19. The van der Waals surface area contributed by atoms with Crippen LogP contribution in [0.15, 0.2) is 22.7 Å². The zero-order chi connectivity index (χ0) is 11.4. The van der Waals surface area contributed by atoms with Crippen molar-refractivity contribution < 1.29 is 10.2 Å². The summed E-state index contributed by atoms with van der Waals surface area (Å²) in [5.41, 5.74) is 0.824. The molecule has 0 amide bonds. The molecule has 1 rings (SSSR count). The van der Waals surface area contributed by atoms with E-state index in [0.717, 1.165) is 10.0 Å². The maximum Gasteiger partial charge on any atom is 0.120 e. The van der Waals surface area contributed by atoms with Crippen LogP contribution in [0.2, 0.25) is 0 Å². The van der Waals surface area contributed by atoms with Gasteiger partial charge in [-0.3, -0.25) is 0 Å². The van der Waals surface area contributed by atoms with Crippen molar-refractivity contribution in [3.8, 4) is 5.75 Å². The van der Waals surface area contributed by atoms with E-state index in [1.807, 2.05) is 19.9 Å². The van der Waals surface area contributed by atoms with Gasteiger partial charge in [-0.05, 0) is 32.0 Å². The van der Waals surface area contributed by atoms with Crippen molar-refractivity contribution >= 4 is 15.9 Å². The lowest BCUT2D eigenvalue weighted by atomic mass is 10.1. The van der Waals surface area contributed by atoms with E-state index in [9.17, 15) is 5.11 Å².